The van der Waals surface area contributed by atoms with Crippen molar-refractivity contribution in [2.45, 2.75) is 256 Å². The van der Waals surface area contributed by atoms with Crippen molar-refractivity contribution in [3.63, 3.8) is 0 Å². The van der Waals surface area contributed by atoms with Gasteiger partial charge in [-0.1, -0.05) is 180 Å². The number of hydrogen-bond acceptors (Lipinski definition) is 14. The van der Waals surface area contributed by atoms with E-state index in [2.05, 4.69) is 35.1 Å². The number of amides is 4. The number of carboxylic acid groups (broad SMARTS) is 3. The zero-order valence-electron chi connectivity index (χ0n) is 48.2. The van der Waals surface area contributed by atoms with Crippen LogP contribution in [0.3, 0.4) is 0 Å². The average molecular weight is 1150 g/mol. The second-order valence-electron chi connectivity index (χ2n) is 21.0. The Morgan fingerprint density at radius 2 is 1.06 bits per heavy atom. The van der Waals surface area contributed by atoms with Crippen molar-refractivity contribution in [1.29, 1.82) is 0 Å². The summed E-state index contributed by atoms with van der Waals surface area (Å²) in [5, 5.41) is 47.1. The van der Waals surface area contributed by atoms with E-state index in [4.69, 9.17) is 20.3 Å². The molecule has 0 aromatic heterocycles. The van der Waals surface area contributed by atoms with Crippen LogP contribution < -0.4 is 27.0 Å². The topological polar surface area (TPSA) is 327 Å². The summed E-state index contributed by atoms with van der Waals surface area (Å²) in [5.74, 6) is -9.20. The third kappa shape index (κ3) is 38.3. The Morgan fingerprint density at radius 1 is 0.588 bits per heavy atom. The lowest BCUT2D eigenvalue weighted by Gasteiger charge is -2.35. The molecule has 0 heterocycles. The number of carbonyl (C=O) groups excluding carboxylic acids is 6. The molecule has 0 saturated carbocycles. The van der Waals surface area contributed by atoms with Crippen LogP contribution in [0.1, 0.15) is 231 Å². The highest BCUT2D eigenvalue weighted by Gasteiger charge is 2.43. The maximum Gasteiger partial charge on any atom is 0.326 e. The van der Waals surface area contributed by atoms with Crippen LogP contribution in [0, 0.1) is 0 Å². The largest absolute Gasteiger partial charge is 0.508 e. The summed E-state index contributed by atoms with van der Waals surface area (Å²) < 4.78 is 11.4. The van der Waals surface area contributed by atoms with Crippen LogP contribution in [0.2, 0.25) is 0 Å². The number of aliphatic carboxylic acids is 3. The minimum absolute atomic E-state index is 0.0475. The van der Waals surface area contributed by atoms with Gasteiger partial charge in [0, 0.05) is 50.0 Å². The number of aromatic hydroxyl groups is 1. The Balaban J connectivity index is 3.05. The first-order chi connectivity index (χ1) is 38.4. The van der Waals surface area contributed by atoms with Crippen molar-refractivity contribution in [3.8, 4) is 5.75 Å². The van der Waals surface area contributed by atoms with Gasteiger partial charge in [-0.2, -0.15) is 11.8 Å². The van der Waals surface area contributed by atoms with Gasteiger partial charge in [-0.25, -0.2) is 4.79 Å². The average Bonchev–Trinajstić information content (AvgIpc) is 3.42. The van der Waals surface area contributed by atoms with E-state index in [-0.39, 0.29) is 49.5 Å². The van der Waals surface area contributed by atoms with E-state index < -0.39 is 110 Å². The molecule has 0 aliphatic carbocycles. The highest BCUT2D eigenvalue weighted by Crippen LogP contribution is 2.19. The number of hydrogen-bond donors (Lipinski definition) is 9. The molecule has 0 radical (unpaired) electrons. The summed E-state index contributed by atoms with van der Waals surface area (Å²) in [7, 11) is 0. The third-order valence-corrected chi connectivity index (χ3v) is 14.8. The number of ether oxygens (including phenoxy) is 2. The second kappa shape index (κ2) is 46.2. The minimum atomic E-state index is -2.54. The molecular formula is C59H99N5O15S. The number of rotatable bonds is 52. The number of nitrogens with two attached hydrogens (primary N) is 1. The van der Waals surface area contributed by atoms with Gasteiger partial charge in [-0.3, -0.25) is 38.4 Å². The Kier molecular flexibility index (Phi) is 41.9. The molecule has 21 heteroatoms. The van der Waals surface area contributed by atoms with E-state index in [1.54, 1.807) is 0 Å². The smallest absolute Gasteiger partial charge is 0.326 e. The first-order valence-corrected chi connectivity index (χ1v) is 30.9. The van der Waals surface area contributed by atoms with Gasteiger partial charge >= 0.3 is 29.8 Å². The van der Waals surface area contributed by atoms with Crippen LogP contribution in [0.25, 0.3) is 0 Å². The van der Waals surface area contributed by atoms with Gasteiger partial charge in [0.25, 0.3) is 5.91 Å². The van der Waals surface area contributed by atoms with E-state index in [9.17, 15) is 58.5 Å². The number of nitrogens with one attached hydrogen (secondary N) is 4. The normalized spacial score (nSPS) is 13.0. The van der Waals surface area contributed by atoms with Crippen LogP contribution in [0.15, 0.2) is 24.3 Å². The van der Waals surface area contributed by atoms with Crippen molar-refractivity contribution < 1.29 is 73.1 Å². The standard InChI is InChI=1S/C59H99N5O15S/c1-3-5-7-9-11-13-15-17-19-21-23-25-27-29-54(72)78-43-47(79-55(73)30-28-26-24-22-20-18-16-14-12-10-8-6-4-2)44-80-40-38-50(66)63-59(39-37-53(70)71,64-56(74)48(60)41-45-31-33-46(65)34-32-45)58(77)61-42-51(67)62-49(57(75)76)35-36-52(68)69/h31-34,47-49,65H,3-30,35-44,60H2,1-2H3,(H,61,77)(H,62,67)(H,63,66)(H,64,74)(H,68,69)(H,70,71)(H,75,76)/t47-,48?,49-,59-/m1/s1. The lowest BCUT2D eigenvalue weighted by atomic mass is 9.99. The first-order valence-electron chi connectivity index (χ1n) is 29.7. The molecule has 4 amide bonds. The van der Waals surface area contributed by atoms with Crippen molar-refractivity contribution in [3.05, 3.63) is 29.8 Å². The summed E-state index contributed by atoms with van der Waals surface area (Å²) in [6, 6.07) is 2.71. The van der Waals surface area contributed by atoms with E-state index in [0.29, 0.717) is 18.4 Å². The number of benzene rings is 1. The van der Waals surface area contributed by atoms with Crippen LogP contribution in [-0.2, 0) is 59.0 Å². The molecule has 1 aromatic carbocycles. The Morgan fingerprint density at radius 3 is 1.54 bits per heavy atom. The highest BCUT2D eigenvalue weighted by atomic mass is 32.2. The number of carboxylic acids is 3. The number of thioether (sulfide) groups is 1. The van der Waals surface area contributed by atoms with E-state index in [0.717, 1.165) is 44.9 Å². The molecule has 0 aliphatic rings. The monoisotopic (exact) mass is 1150 g/mol. The van der Waals surface area contributed by atoms with Crippen LogP contribution in [-0.4, -0.2) is 122 Å². The van der Waals surface area contributed by atoms with Crippen molar-refractivity contribution in [2.24, 2.45) is 5.73 Å². The number of unbranched alkanes of at least 4 members (excludes halogenated alkanes) is 24. The van der Waals surface area contributed by atoms with Gasteiger partial charge in [0.2, 0.25) is 17.7 Å². The SMILES string of the molecule is CCCCCCCCCCCCCCCC(=O)OC[C@H](CSCCC(=O)N[C@](CCC(=O)O)(NC(=O)C(N)Cc1ccc(O)cc1)C(=O)NCC(=O)N[C@H](CCC(=O)O)C(=O)O)OC(=O)CCCCCCCCCCCCCCC. The molecule has 0 aliphatic heterocycles. The van der Waals surface area contributed by atoms with E-state index in [1.807, 2.05) is 0 Å². The lowest BCUT2D eigenvalue weighted by molar-refractivity contribution is -0.157. The third-order valence-electron chi connectivity index (χ3n) is 13.7. The fourth-order valence-electron chi connectivity index (χ4n) is 8.91. The number of phenolic OH excluding ortho intramolecular Hbond substituents is 1. The molecule has 20 nitrogen and oxygen atoms in total. The Bertz CT molecular complexity index is 1940. The molecule has 0 saturated heterocycles. The minimum Gasteiger partial charge on any atom is -0.508 e. The molecular weight excluding hydrogens is 1050 g/mol. The molecule has 456 valence electrons. The molecule has 1 aromatic rings. The zero-order valence-corrected chi connectivity index (χ0v) is 49.0. The van der Waals surface area contributed by atoms with Gasteiger partial charge in [-0.05, 0) is 43.4 Å². The fourth-order valence-corrected chi connectivity index (χ4v) is 9.84. The molecule has 1 rings (SSSR count). The summed E-state index contributed by atoms with van der Waals surface area (Å²) in [6.07, 6.45) is 26.6. The van der Waals surface area contributed by atoms with Gasteiger partial charge in [0.1, 0.15) is 24.5 Å². The second-order valence-corrected chi connectivity index (χ2v) is 22.1. The highest BCUT2D eigenvalue weighted by molar-refractivity contribution is 7.99. The van der Waals surface area contributed by atoms with E-state index in [1.165, 1.54) is 145 Å². The van der Waals surface area contributed by atoms with Gasteiger partial charge < -0.3 is 56.9 Å². The maximum absolute atomic E-state index is 14.1. The number of carbonyl (C=O) groups is 9. The summed E-state index contributed by atoms with van der Waals surface area (Å²) in [6.45, 7) is 3.31. The summed E-state index contributed by atoms with van der Waals surface area (Å²) in [4.78, 5) is 115. The molecule has 0 spiro atoms. The number of phenols is 1. The van der Waals surface area contributed by atoms with Crippen molar-refractivity contribution >= 4 is 65.2 Å². The van der Waals surface area contributed by atoms with Crippen LogP contribution in [0.5, 0.6) is 5.75 Å². The fraction of sp³-hybridized carbons (Fsp3) is 0.746. The van der Waals surface area contributed by atoms with Crippen LogP contribution >= 0.6 is 11.8 Å². The van der Waals surface area contributed by atoms with Gasteiger partial charge in [0.15, 0.2) is 5.66 Å². The molecule has 10 N–H and O–H groups in total. The lowest BCUT2D eigenvalue weighted by Crippen LogP contribution is -2.70. The summed E-state index contributed by atoms with van der Waals surface area (Å²) in [5.41, 5.74) is 4.19. The number of esters is 2. The quantitative estimate of drug-likeness (QED) is 0.0167. The Labute approximate surface area is 479 Å². The molecule has 4 atom stereocenters. The molecule has 0 fully saturated rings. The van der Waals surface area contributed by atoms with Crippen molar-refractivity contribution in [2.75, 3.05) is 24.7 Å². The first kappa shape index (κ1) is 72.6. The Hall–Kier alpha value is -5.44. The van der Waals surface area contributed by atoms with Gasteiger partial charge in [0.05, 0.1) is 12.6 Å². The van der Waals surface area contributed by atoms with Gasteiger partial charge in [-0.15, -0.1) is 0 Å². The maximum atomic E-state index is 14.1. The predicted octanol–water partition coefficient (Wildman–Crippen LogP) is 9.15. The zero-order chi connectivity index (χ0) is 59.2. The summed E-state index contributed by atoms with van der Waals surface area (Å²) >= 11 is 1.18. The molecule has 1 unspecified atom stereocenters. The van der Waals surface area contributed by atoms with Crippen molar-refractivity contribution in [1.82, 2.24) is 21.3 Å². The predicted molar refractivity (Wildman–Crippen MR) is 309 cm³/mol. The van der Waals surface area contributed by atoms with Crippen LogP contribution in [0.4, 0.5) is 0 Å². The van der Waals surface area contributed by atoms with E-state index >= 15 is 0 Å². The molecule has 80 heavy (non-hydrogen) atoms. The molecule has 0 bridgehead atoms.